The minimum absolute atomic E-state index is 0.124. The first-order chi connectivity index (χ1) is 15.5. The van der Waals surface area contributed by atoms with Gasteiger partial charge in [0.25, 0.3) is 10.0 Å². The number of nitrogens with zero attached hydrogens (tertiary/aromatic N) is 2. The van der Waals surface area contributed by atoms with Crippen LogP contribution in [0.5, 0.6) is 0 Å². The van der Waals surface area contributed by atoms with Gasteiger partial charge in [-0.3, -0.25) is 9.52 Å². The molecule has 0 bridgehead atoms. The van der Waals surface area contributed by atoms with E-state index in [9.17, 15) is 18.3 Å². The first-order valence-electron chi connectivity index (χ1n) is 10.1. The number of sulfonamides is 1. The molecule has 1 heterocycles. The van der Waals surface area contributed by atoms with Gasteiger partial charge in [-0.25, -0.2) is 13.4 Å². The van der Waals surface area contributed by atoms with Gasteiger partial charge < -0.3 is 10.0 Å². The van der Waals surface area contributed by atoms with Crippen molar-refractivity contribution in [3.05, 3.63) is 58.7 Å². The zero-order valence-electron chi connectivity index (χ0n) is 18.5. The highest BCUT2D eigenvalue weighted by molar-refractivity contribution is 7.92. The first kappa shape index (κ1) is 24.4. The Morgan fingerprint density at radius 1 is 1.24 bits per heavy atom. The number of halogens is 1. The molecule has 0 saturated carbocycles. The average Bonchev–Trinajstić information content (AvgIpc) is 2.71. The molecule has 0 aliphatic rings. The molecule has 3 rings (SSSR count). The fourth-order valence-electron chi connectivity index (χ4n) is 3.91. The average molecular weight is 486 g/mol. The molecule has 1 aromatic heterocycles. The fourth-order valence-corrected chi connectivity index (χ4v) is 5.75. The van der Waals surface area contributed by atoms with Crippen LogP contribution in [0.15, 0.2) is 47.5 Å². The molecule has 9 heteroatoms. The van der Waals surface area contributed by atoms with Gasteiger partial charge in [0.1, 0.15) is 5.82 Å². The highest BCUT2D eigenvalue weighted by Gasteiger charge is 2.24. The number of anilines is 2. The summed E-state index contributed by atoms with van der Waals surface area (Å²) < 4.78 is 29.2. The molecule has 0 amide bonds. The molecule has 0 radical (unpaired) electrons. The van der Waals surface area contributed by atoms with Gasteiger partial charge in [0.05, 0.1) is 29.7 Å². The van der Waals surface area contributed by atoms with E-state index in [0.29, 0.717) is 38.4 Å². The molecule has 2 N–H and O–H groups in total. The summed E-state index contributed by atoms with van der Waals surface area (Å²) in [5.41, 5.74) is 1.36. The van der Waals surface area contributed by atoms with Crippen LogP contribution in [0.2, 0.25) is 5.02 Å². The minimum Gasteiger partial charge on any atom is -0.481 e. The summed E-state index contributed by atoms with van der Waals surface area (Å²) in [5.74, 6) is 2.08. The van der Waals surface area contributed by atoms with E-state index < -0.39 is 22.0 Å². The minimum atomic E-state index is -3.93. The summed E-state index contributed by atoms with van der Waals surface area (Å²) in [5, 5.41) is 10.9. The zero-order valence-corrected chi connectivity index (χ0v) is 20.0. The van der Waals surface area contributed by atoms with Crippen molar-refractivity contribution in [1.82, 2.24) is 4.98 Å². The van der Waals surface area contributed by atoms with Gasteiger partial charge in [-0.15, -0.1) is 6.42 Å². The number of carbonyl (C=O) groups is 1. The highest BCUT2D eigenvalue weighted by Crippen LogP contribution is 2.33. The summed E-state index contributed by atoms with van der Waals surface area (Å²) >= 11 is 6.06. The zero-order chi connectivity index (χ0) is 24.3. The standard InChI is InChI=1S/C24H24ClN3O4S/c1-5-10-28(17(4)13-22(29)30)24-20-9-7-6-8-19(20)21(14-26-24)27-33(31,32)23-15(2)11-18(25)12-16(23)3/h1,6-9,11-12,14,17,27H,10,13H2,2-4H3,(H,29,30)/t17-/m0/s1. The smallest absolute Gasteiger partial charge is 0.305 e. The molecule has 0 saturated heterocycles. The number of carboxylic acids is 1. The largest absolute Gasteiger partial charge is 0.481 e. The number of hydrogen-bond acceptors (Lipinski definition) is 5. The lowest BCUT2D eigenvalue weighted by Gasteiger charge is -2.29. The predicted molar refractivity (Wildman–Crippen MR) is 131 cm³/mol. The lowest BCUT2D eigenvalue weighted by atomic mass is 10.1. The van der Waals surface area contributed by atoms with E-state index >= 15 is 0 Å². The van der Waals surface area contributed by atoms with Gasteiger partial charge >= 0.3 is 5.97 Å². The van der Waals surface area contributed by atoms with Crippen LogP contribution < -0.4 is 9.62 Å². The Morgan fingerprint density at radius 2 is 1.85 bits per heavy atom. The van der Waals surface area contributed by atoms with Gasteiger partial charge in [0.2, 0.25) is 0 Å². The van der Waals surface area contributed by atoms with Crippen molar-refractivity contribution >= 4 is 49.9 Å². The Morgan fingerprint density at radius 3 is 2.42 bits per heavy atom. The van der Waals surface area contributed by atoms with Crippen molar-refractivity contribution in [1.29, 1.82) is 0 Å². The van der Waals surface area contributed by atoms with Crippen LogP contribution in [0.4, 0.5) is 11.5 Å². The Balaban J connectivity index is 2.11. The highest BCUT2D eigenvalue weighted by atomic mass is 35.5. The third-order valence-corrected chi connectivity index (χ3v) is 7.14. The van der Waals surface area contributed by atoms with Gasteiger partial charge in [0, 0.05) is 21.8 Å². The molecule has 33 heavy (non-hydrogen) atoms. The molecule has 0 aliphatic heterocycles. The second-order valence-corrected chi connectivity index (χ2v) is 9.85. The van der Waals surface area contributed by atoms with E-state index in [1.165, 1.54) is 6.20 Å². The second kappa shape index (κ2) is 9.69. The number of terminal acetylenes is 1. The van der Waals surface area contributed by atoms with Crippen LogP contribution in [0, 0.1) is 26.2 Å². The van der Waals surface area contributed by atoms with Crippen LogP contribution in [0.25, 0.3) is 10.8 Å². The Hall–Kier alpha value is -3.28. The number of aryl methyl sites for hydroxylation is 2. The van der Waals surface area contributed by atoms with E-state index in [2.05, 4.69) is 15.6 Å². The summed E-state index contributed by atoms with van der Waals surface area (Å²) in [6, 6.07) is 9.94. The summed E-state index contributed by atoms with van der Waals surface area (Å²) in [7, 11) is -3.93. The van der Waals surface area contributed by atoms with Crippen LogP contribution in [0.3, 0.4) is 0 Å². The molecule has 0 aliphatic carbocycles. The van der Waals surface area contributed by atoms with Crippen LogP contribution >= 0.6 is 11.6 Å². The lowest BCUT2D eigenvalue weighted by molar-refractivity contribution is -0.137. The van der Waals surface area contributed by atoms with E-state index in [1.807, 2.05) is 0 Å². The fraction of sp³-hybridized carbons (Fsp3) is 0.250. The SMILES string of the molecule is C#CCN(c1ncc(NS(=O)(=O)c2c(C)cc(Cl)cc2C)c2ccccc12)[C@@H](C)CC(=O)O. The maximum atomic E-state index is 13.3. The Labute approximate surface area is 198 Å². The normalized spacial score (nSPS) is 12.2. The number of pyridine rings is 1. The van der Waals surface area contributed by atoms with Crippen molar-refractivity contribution in [3.63, 3.8) is 0 Å². The number of aromatic nitrogens is 1. The molecule has 1 atom stereocenters. The Bertz CT molecular complexity index is 1340. The maximum Gasteiger partial charge on any atom is 0.305 e. The van der Waals surface area contributed by atoms with E-state index in [1.54, 1.807) is 62.1 Å². The van der Waals surface area contributed by atoms with Crippen molar-refractivity contribution in [2.24, 2.45) is 0 Å². The number of benzene rings is 2. The molecule has 0 spiro atoms. The number of hydrogen-bond donors (Lipinski definition) is 2. The van der Waals surface area contributed by atoms with Gasteiger partial charge in [-0.1, -0.05) is 41.8 Å². The van der Waals surface area contributed by atoms with E-state index in [-0.39, 0.29) is 17.9 Å². The van der Waals surface area contributed by atoms with Gasteiger partial charge in [-0.05, 0) is 44.0 Å². The molecule has 7 nitrogen and oxygen atoms in total. The number of nitrogens with one attached hydrogen (secondary N) is 1. The van der Waals surface area contributed by atoms with Crippen molar-refractivity contribution in [2.45, 2.75) is 38.1 Å². The summed E-state index contributed by atoms with van der Waals surface area (Å²) in [4.78, 5) is 17.6. The third kappa shape index (κ3) is 5.21. The summed E-state index contributed by atoms with van der Waals surface area (Å²) in [6.07, 6.45) is 6.83. The molecular weight excluding hydrogens is 462 g/mol. The number of carboxylic acid groups (broad SMARTS) is 1. The lowest BCUT2D eigenvalue weighted by Crippen LogP contribution is -2.36. The molecule has 2 aromatic carbocycles. The van der Waals surface area contributed by atoms with Crippen LogP contribution in [-0.2, 0) is 14.8 Å². The topological polar surface area (TPSA) is 99.6 Å². The Kier molecular flexibility index (Phi) is 7.15. The number of aliphatic carboxylic acids is 1. The third-order valence-electron chi connectivity index (χ3n) is 5.25. The van der Waals surface area contributed by atoms with Crippen molar-refractivity contribution < 1.29 is 18.3 Å². The van der Waals surface area contributed by atoms with Crippen molar-refractivity contribution in [3.8, 4) is 12.3 Å². The number of rotatable bonds is 8. The molecule has 172 valence electrons. The molecule has 0 fully saturated rings. The van der Waals surface area contributed by atoms with E-state index in [4.69, 9.17) is 18.0 Å². The monoisotopic (exact) mass is 485 g/mol. The van der Waals surface area contributed by atoms with E-state index in [0.717, 1.165) is 0 Å². The summed E-state index contributed by atoms with van der Waals surface area (Å²) in [6.45, 7) is 5.28. The first-order valence-corrected chi connectivity index (χ1v) is 12.0. The second-order valence-electron chi connectivity index (χ2n) is 7.79. The number of fused-ring (bicyclic) bond motifs is 1. The molecular formula is C24H24ClN3O4S. The van der Waals surface area contributed by atoms with Gasteiger partial charge in [0.15, 0.2) is 0 Å². The molecule has 0 unspecified atom stereocenters. The van der Waals surface area contributed by atoms with Crippen molar-refractivity contribution in [2.75, 3.05) is 16.2 Å². The van der Waals surface area contributed by atoms with Crippen LogP contribution in [-0.4, -0.2) is 37.1 Å². The predicted octanol–water partition coefficient (Wildman–Crippen LogP) is 4.61. The quantitative estimate of drug-likeness (QED) is 0.452. The molecule has 3 aromatic rings. The van der Waals surface area contributed by atoms with Crippen LogP contribution in [0.1, 0.15) is 24.5 Å². The maximum absolute atomic E-state index is 13.3. The van der Waals surface area contributed by atoms with Gasteiger partial charge in [-0.2, -0.15) is 0 Å².